The van der Waals surface area contributed by atoms with Gasteiger partial charge in [0.25, 0.3) is 10.0 Å². The van der Waals surface area contributed by atoms with Gasteiger partial charge in [-0.25, -0.2) is 8.42 Å². The molecule has 0 aliphatic carbocycles. The fraction of sp³-hybridized carbons (Fsp3) is 0.182. The van der Waals surface area contributed by atoms with Gasteiger partial charge in [-0.1, -0.05) is 60.5 Å². The lowest BCUT2D eigenvalue weighted by molar-refractivity contribution is -0.138. The van der Waals surface area contributed by atoms with E-state index in [9.17, 15) is 18.0 Å². The van der Waals surface area contributed by atoms with Crippen LogP contribution >= 0.6 is 23.2 Å². The summed E-state index contributed by atoms with van der Waals surface area (Å²) in [5, 5.41) is 1.36. The minimum atomic E-state index is -4.26. The van der Waals surface area contributed by atoms with Gasteiger partial charge in [0, 0.05) is 27.4 Å². The average Bonchev–Trinajstić information content (AvgIpc) is 2.75. The fourth-order valence-electron chi connectivity index (χ4n) is 3.23. The van der Waals surface area contributed by atoms with Crippen LogP contribution in [0.3, 0.4) is 0 Å². The van der Waals surface area contributed by atoms with Crippen molar-refractivity contribution < 1.29 is 22.7 Å². The molecule has 0 saturated heterocycles. The van der Waals surface area contributed by atoms with Gasteiger partial charge in [-0.2, -0.15) is 0 Å². The number of esters is 1. The van der Waals surface area contributed by atoms with E-state index in [2.05, 4.69) is 0 Å². The number of hydrogen-bond acceptors (Lipinski definition) is 5. The van der Waals surface area contributed by atoms with Crippen LogP contribution in [0.1, 0.15) is 23.7 Å². The van der Waals surface area contributed by atoms with E-state index in [1.807, 2.05) is 0 Å². The number of carbonyl (C=O) groups is 2. The van der Waals surface area contributed by atoms with Gasteiger partial charge in [0.15, 0.2) is 5.78 Å². The van der Waals surface area contributed by atoms with Crippen molar-refractivity contribution in [1.29, 1.82) is 0 Å². The van der Waals surface area contributed by atoms with Crippen molar-refractivity contribution in [1.82, 2.24) is 0 Å². The molecule has 0 saturated carbocycles. The number of halogens is 2. The van der Waals surface area contributed by atoms with Crippen molar-refractivity contribution >= 4 is 61.4 Å². The predicted molar refractivity (Wildman–Crippen MR) is 122 cm³/mol. The van der Waals surface area contributed by atoms with Crippen LogP contribution in [0.2, 0.25) is 10.0 Å². The maximum atomic E-state index is 13.5. The quantitative estimate of drug-likeness (QED) is 0.347. The number of anilines is 1. The molecular formula is C22H19Cl2NO5S. The van der Waals surface area contributed by atoms with Crippen LogP contribution < -0.4 is 4.31 Å². The Kier molecular flexibility index (Phi) is 6.89. The molecule has 0 spiro atoms. The van der Waals surface area contributed by atoms with E-state index in [0.717, 1.165) is 4.31 Å². The minimum Gasteiger partial charge on any atom is -0.468 e. The largest absolute Gasteiger partial charge is 0.468 e. The molecule has 6 nitrogen and oxygen atoms in total. The molecule has 162 valence electrons. The van der Waals surface area contributed by atoms with Crippen molar-refractivity contribution in [2.75, 3.05) is 18.0 Å². The van der Waals surface area contributed by atoms with Crippen molar-refractivity contribution in [3.63, 3.8) is 0 Å². The van der Waals surface area contributed by atoms with Crippen LogP contribution in [0.4, 0.5) is 5.69 Å². The fourth-order valence-corrected chi connectivity index (χ4v) is 5.39. The highest BCUT2D eigenvalue weighted by molar-refractivity contribution is 7.92. The van der Waals surface area contributed by atoms with Gasteiger partial charge in [-0.15, -0.1) is 0 Å². The Labute approximate surface area is 190 Å². The summed E-state index contributed by atoms with van der Waals surface area (Å²) in [6.07, 6.45) is 0.300. The molecule has 0 heterocycles. The first kappa shape index (κ1) is 23.1. The van der Waals surface area contributed by atoms with E-state index in [0.29, 0.717) is 22.8 Å². The molecule has 31 heavy (non-hydrogen) atoms. The summed E-state index contributed by atoms with van der Waals surface area (Å²) in [6, 6.07) is 13.9. The second-order valence-electron chi connectivity index (χ2n) is 6.65. The van der Waals surface area contributed by atoms with Crippen molar-refractivity contribution in [3.05, 3.63) is 70.2 Å². The van der Waals surface area contributed by atoms with Crippen molar-refractivity contribution in [3.8, 4) is 0 Å². The first-order valence-electron chi connectivity index (χ1n) is 9.29. The SMILES string of the molecule is CCC(=O)c1cccc2c(N(CC(=O)OC)S(=O)(=O)c3cc(Cl)cc(Cl)c3)cccc12. The van der Waals surface area contributed by atoms with Crippen LogP contribution in [-0.2, 0) is 19.6 Å². The number of hydrogen-bond donors (Lipinski definition) is 0. The number of sulfonamides is 1. The molecule has 0 radical (unpaired) electrons. The standard InChI is InChI=1S/C22H19Cl2NO5S/c1-3-21(26)19-8-4-7-18-17(19)6-5-9-20(18)25(13-22(27)30-2)31(28,29)16-11-14(23)10-15(24)12-16/h4-12H,3,13H2,1-2H3. The van der Waals surface area contributed by atoms with Gasteiger partial charge < -0.3 is 4.74 Å². The molecule has 0 aliphatic heterocycles. The number of ketones is 1. The number of nitrogens with zero attached hydrogens (tertiary/aromatic N) is 1. The topological polar surface area (TPSA) is 80.8 Å². The first-order chi connectivity index (χ1) is 14.7. The summed E-state index contributed by atoms with van der Waals surface area (Å²) >= 11 is 12.0. The van der Waals surface area contributed by atoms with E-state index in [1.54, 1.807) is 43.3 Å². The van der Waals surface area contributed by atoms with E-state index in [1.165, 1.54) is 25.3 Å². The molecule has 0 atom stereocenters. The molecule has 0 aromatic heterocycles. The second kappa shape index (κ2) is 9.26. The Morgan fingerprint density at radius 3 is 2.19 bits per heavy atom. The molecule has 9 heteroatoms. The van der Waals surface area contributed by atoms with Crippen molar-refractivity contribution in [2.45, 2.75) is 18.2 Å². The molecule has 0 aliphatic rings. The Bertz CT molecular complexity index is 1250. The zero-order chi connectivity index (χ0) is 22.8. The lowest BCUT2D eigenvalue weighted by atomic mass is 9.99. The highest BCUT2D eigenvalue weighted by atomic mass is 35.5. The Balaban J connectivity index is 2.28. The number of benzene rings is 3. The molecular weight excluding hydrogens is 461 g/mol. The van der Waals surface area contributed by atoms with Gasteiger partial charge in [-0.05, 0) is 29.7 Å². The average molecular weight is 480 g/mol. The van der Waals surface area contributed by atoms with Gasteiger partial charge in [0.1, 0.15) is 6.54 Å². The highest BCUT2D eigenvalue weighted by Crippen LogP contribution is 2.34. The Morgan fingerprint density at radius 2 is 1.58 bits per heavy atom. The number of ether oxygens (including phenoxy) is 1. The molecule has 0 amide bonds. The number of methoxy groups -OCH3 is 1. The van der Waals surface area contributed by atoms with Crippen molar-refractivity contribution in [2.24, 2.45) is 0 Å². The second-order valence-corrected chi connectivity index (χ2v) is 9.38. The van der Waals surface area contributed by atoms with Crippen LogP contribution in [0.25, 0.3) is 10.8 Å². The number of Topliss-reactive ketones (excluding diaryl/α,β-unsaturated/α-hetero) is 1. The van der Waals surface area contributed by atoms with E-state index in [-0.39, 0.29) is 26.4 Å². The van der Waals surface area contributed by atoms with Gasteiger partial charge in [0.05, 0.1) is 17.7 Å². The molecule has 3 aromatic rings. The normalized spacial score (nSPS) is 11.4. The molecule has 0 N–H and O–H groups in total. The summed E-state index contributed by atoms with van der Waals surface area (Å²) in [5.41, 5.74) is 0.702. The first-order valence-corrected chi connectivity index (χ1v) is 11.5. The van der Waals surface area contributed by atoms with Gasteiger partial charge in [-0.3, -0.25) is 13.9 Å². The Morgan fingerprint density at radius 1 is 0.968 bits per heavy atom. The van der Waals surface area contributed by atoms with Crippen LogP contribution in [-0.4, -0.2) is 33.8 Å². The monoisotopic (exact) mass is 479 g/mol. The van der Waals surface area contributed by atoms with E-state index >= 15 is 0 Å². The van der Waals surface area contributed by atoms with E-state index < -0.39 is 22.5 Å². The van der Waals surface area contributed by atoms with E-state index in [4.69, 9.17) is 27.9 Å². The third kappa shape index (κ3) is 4.69. The van der Waals surface area contributed by atoms with Crippen LogP contribution in [0.5, 0.6) is 0 Å². The zero-order valence-electron chi connectivity index (χ0n) is 16.8. The molecule has 0 bridgehead atoms. The van der Waals surface area contributed by atoms with Crippen LogP contribution in [0.15, 0.2) is 59.5 Å². The summed E-state index contributed by atoms with van der Waals surface area (Å²) < 4.78 is 32.7. The maximum absolute atomic E-state index is 13.5. The lowest BCUT2D eigenvalue weighted by Crippen LogP contribution is -2.36. The Hall–Kier alpha value is -2.61. The molecule has 0 unspecified atom stereocenters. The number of carbonyl (C=O) groups excluding carboxylic acids is 2. The third-order valence-electron chi connectivity index (χ3n) is 4.71. The smallest absolute Gasteiger partial charge is 0.326 e. The summed E-state index contributed by atoms with van der Waals surface area (Å²) in [4.78, 5) is 24.3. The highest BCUT2D eigenvalue weighted by Gasteiger charge is 2.30. The lowest BCUT2D eigenvalue weighted by Gasteiger charge is -2.25. The summed E-state index contributed by atoms with van der Waals surface area (Å²) in [7, 11) is -3.08. The molecule has 0 fully saturated rings. The predicted octanol–water partition coefficient (Wildman–Crippen LogP) is 5.11. The van der Waals surface area contributed by atoms with Gasteiger partial charge >= 0.3 is 5.97 Å². The zero-order valence-corrected chi connectivity index (χ0v) is 19.1. The molecule has 3 rings (SSSR count). The van der Waals surface area contributed by atoms with Gasteiger partial charge in [0.2, 0.25) is 0 Å². The minimum absolute atomic E-state index is 0.0771. The number of rotatable bonds is 7. The summed E-state index contributed by atoms with van der Waals surface area (Å²) in [5.74, 6) is -0.832. The third-order valence-corrected chi connectivity index (χ3v) is 6.89. The number of fused-ring (bicyclic) bond motifs is 1. The maximum Gasteiger partial charge on any atom is 0.326 e. The molecule has 3 aromatic carbocycles. The van der Waals surface area contributed by atoms with Crippen LogP contribution in [0, 0.1) is 0 Å². The summed E-state index contributed by atoms with van der Waals surface area (Å²) in [6.45, 7) is 1.18.